The fourth-order valence-corrected chi connectivity index (χ4v) is 2.69. The normalized spacial score (nSPS) is 11.6. The monoisotopic (exact) mass is 360 g/mol. The van der Waals surface area contributed by atoms with Crippen LogP contribution in [0.5, 0.6) is 0 Å². The third-order valence-electron chi connectivity index (χ3n) is 3.97. The molecule has 134 valence electrons. The second-order valence-corrected chi connectivity index (χ2v) is 6.01. The molecule has 3 rings (SSSR count). The van der Waals surface area contributed by atoms with Gasteiger partial charge in [0.2, 0.25) is 5.78 Å². The van der Waals surface area contributed by atoms with Gasteiger partial charge in [-0.15, -0.1) is 0 Å². The topological polar surface area (TPSA) is 42.3 Å². The molecule has 0 radical (unpaired) electrons. The molecular weight excluding hydrogens is 345 g/mol. The number of halogens is 3. The van der Waals surface area contributed by atoms with Gasteiger partial charge in [0.1, 0.15) is 0 Å². The van der Waals surface area contributed by atoms with Crippen molar-refractivity contribution in [2.45, 2.75) is 6.18 Å². The minimum Gasteiger partial charge on any atom is -0.330 e. The molecule has 0 aliphatic heterocycles. The Morgan fingerprint density at radius 1 is 0.962 bits per heavy atom. The first-order chi connectivity index (χ1) is 12.2. The molecule has 1 heterocycles. The Kier molecular flexibility index (Phi) is 4.31. The molecule has 0 saturated heterocycles. The fourth-order valence-electron chi connectivity index (χ4n) is 2.69. The number of nitrogens with zero attached hydrogens (tertiary/aromatic N) is 2. The van der Waals surface area contributed by atoms with E-state index in [1.165, 1.54) is 31.1 Å². The SMILES string of the molecule is CN(C)C(=O)n1c(C(=O)c2ccccc2)cc2ccc(C(F)(F)F)cc21. The van der Waals surface area contributed by atoms with E-state index in [0.717, 1.165) is 16.7 Å². The van der Waals surface area contributed by atoms with Gasteiger partial charge in [-0.1, -0.05) is 36.4 Å². The molecule has 0 atom stereocenters. The van der Waals surface area contributed by atoms with Crippen LogP contribution in [0.2, 0.25) is 0 Å². The third kappa shape index (κ3) is 3.08. The maximum atomic E-state index is 13.1. The summed E-state index contributed by atoms with van der Waals surface area (Å²) in [7, 11) is 2.94. The summed E-state index contributed by atoms with van der Waals surface area (Å²) in [4.78, 5) is 26.6. The van der Waals surface area contributed by atoms with Crippen molar-refractivity contribution >= 4 is 22.7 Å². The lowest BCUT2D eigenvalue weighted by atomic mass is 10.1. The quantitative estimate of drug-likeness (QED) is 0.635. The van der Waals surface area contributed by atoms with E-state index in [9.17, 15) is 22.8 Å². The lowest BCUT2D eigenvalue weighted by Gasteiger charge is -2.15. The van der Waals surface area contributed by atoms with Crippen LogP contribution in [0, 0.1) is 0 Å². The number of hydrogen-bond donors (Lipinski definition) is 0. The molecule has 26 heavy (non-hydrogen) atoms. The molecule has 0 aliphatic rings. The van der Waals surface area contributed by atoms with E-state index in [1.54, 1.807) is 30.3 Å². The Morgan fingerprint density at radius 3 is 2.19 bits per heavy atom. The van der Waals surface area contributed by atoms with Gasteiger partial charge in [0.05, 0.1) is 16.8 Å². The van der Waals surface area contributed by atoms with Crippen molar-refractivity contribution < 1.29 is 22.8 Å². The number of ketones is 1. The van der Waals surface area contributed by atoms with Gasteiger partial charge >= 0.3 is 12.2 Å². The first-order valence-corrected chi connectivity index (χ1v) is 7.74. The summed E-state index contributed by atoms with van der Waals surface area (Å²) in [6.07, 6.45) is -4.55. The second-order valence-electron chi connectivity index (χ2n) is 6.01. The summed E-state index contributed by atoms with van der Waals surface area (Å²) in [5.74, 6) is -0.439. The van der Waals surface area contributed by atoms with Gasteiger partial charge in [-0.05, 0) is 18.2 Å². The number of aromatic nitrogens is 1. The molecule has 0 saturated carbocycles. The first kappa shape index (κ1) is 17.7. The molecule has 4 nitrogen and oxygen atoms in total. The van der Waals surface area contributed by atoms with Crippen LogP contribution >= 0.6 is 0 Å². The Hall–Kier alpha value is -3.09. The van der Waals surface area contributed by atoms with Gasteiger partial charge in [0.25, 0.3) is 0 Å². The van der Waals surface area contributed by atoms with E-state index in [-0.39, 0.29) is 11.2 Å². The molecule has 7 heteroatoms. The number of amides is 1. The molecule has 0 fully saturated rings. The summed E-state index contributed by atoms with van der Waals surface area (Å²) in [5.41, 5.74) is -0.476. The Bertz CT molecular complexity index is 989. The summed E-state index contributed by atoms with van der Waals surface area (Å²) >= 11 is 0. The van der Waals surface area contributed by atoms with Gasteiger partial charge in [-0.2, -0.15) is 13.2 Å². The number of carbonyl (C=O) groups excluding carboxylic acids is 2. The average Bonchev–Trinajstić information content (AvgIpc) is 2.98. The number of carbonyl (C=O) groups is 2. The van der Waals surface area contributed by atoms with Crippen LogP contribution in [-0.2, 0) is 6.18 Å². The summed E-state index contributed by atoms with van der Waals surface area (Å²) in [6, 6.07) is 12.2. The number of rotatable bonds is 2. The van der Waals surface area contributed by atoms with Crippen molar-refractivity contribution in [3.63, 3.8) is 0 Å². The standard InChI is InChI=1S/C19H15F3N2O2/c1-23(2)18(26)24-15-11-14(19(20,21)22)9-8-13(15)10-16(24)17(25)12-6-4-3-5-7-12/h3-11H,1-2H3. The highest BCUT2D eigenvalue weighted by Gasteiger charge is 2.32. The van der Waals surface area contributed by atoms with E-state index in [0.29, 0.717) is 10.9 Å². The van der Waals surface area contributed by atoms with E-state index >= 15 is 0 Å². The summed E-state index contributed by atoms with van der Waals surface area (Å²) in [6.45, 7) is 0. The third-order valence-corrected chi connectivity index (χ3v) is 3.97. The zero-order chi connectivity index (χ0) is 19.1. The van der Waals surface area contributed by atoms with Gasteiger partial charge in [-0.25, -0.2) is 4.79 Å². The number of fused-ring (bicyclic) bond motifs is 1. The summed E-state index contributed by atoms with van der Waals surface area (Å²) in [5, 5.41) is 0.382. The van der Waals surface area contributed by atoms with Crippen LogP contribution in [0.3, 0.4) is 0 Å². The van der Waals surface area contributed by atoms with Crippen molar-refractivity contribution in [3.8, 4) is 0 Å². The molecule has 0 unspecified atom stereocenters. The van der Waals surface area contributed by atoms with Crippen molar-refractivity contribution in [2.75, 3.05) is 14.1 Å². The van der Waals surface area contributed by atoms with Gasteiger partial charge in [-0.3, -0.25) is 9.36 Å². The Balaban J connectivity index is 2.27. The molecule has 1 aromatic heterocycles. The maximum Gasteiger partial charge on any atom is 0.416 e. The zero-order valence-corrected chi connectivity index (χ0v) is 14.0. The van der Waals surface area contributed by atoms with Gasteiger partial charge < -0.3 is 4.90 Å². The molecule has 3 aromatic rings. The number of hydrogen-bond acceptors (Lipinski definition) is 2. The molecular formula is C19H15F3N2O2. The van der Waals surface area contributed by atoms with Crippen molar-refractivity contribution in [2.24, 2.45) is 0 Å². The summed E-state index contributed by atoms with van der Waals surface area (Å²) < 4.78 is 40.2. The van der Waals surface area contributed by atoms with E-state index < -0.39 is 23.6 Å². The highest BCUT2D eigenvalue weighted by molar-refractivity contribution is 6.13. The molecule has 0 bridgehead atoms. The predicted molar refractivity (Wildman–Crippen MR) is 91.3 cm³/mol. The van der Waals surface area contributed by atoms with Crippen LogP contribution < -0.4 is 0 Å². The average molecular weight is 360 g/mol. The maximum absolute atomic E-state index is 13.1. The zero-order valence-electron chi connectivity index (χ0n) is 14.0. The molecule has 2 aromatic carbocycles. The van der Waals surface area contributed by atoms with Gasteiger partial charge in [0.15, 0.2) is 0 Å². The second kappa shape index (κ2) is 6.33. The highest BCUT2D eigenvalue weighted by Crippen LogP contribution is 2.33. The molecule has 0 spiro atoms. The van der Waals surface area contributed by atoms with Crippen LogP contribution in [-0.4, -0.2) is 35.4 Å². The highest BCUT2D eigenvalue weighted by atomic mass is 19.4. The van der Waals surface area contributed by atoms with Crippen molar-refractivity contribution in [3.05, 3.63) is 71.4 Å². The largest absolute Gasteiger partial charge is 0.416 e. The smallest absolute Gasteiger partial charge is 0.330 e. The lowest BCUT2D eigenvalue weighted by Crippen LogP contribution is -2.29. The number of alkyl halides is 3. The minimum atomic E-state index is -4.55. The van der Waals surface area contributed by atoms with E-state index in [4.69, 9.17) is 0 Å². The van der Waals surface area contributed by atoms with Crippen LogP contribution in [0.4, 0.5) is 18.0 Å². The molecule has 1 amide bonds. The minimum absolute atomic E-state index is 0.0178. The predicted octanol–water partition coefficient (Wildman–Crippen LogP) is 4.42. The van der Waals surface area contributed by atoms with Crippen molar-refractivity contribution in [1.82, 2.24) is 9.47 Å². The Labute approximate surface area is 147 Å². The Morgan fingerprint density at radius 2 is 1.62 bits per heavy atom. The van der Waals surface area contributed by atoms with Crippen LogP contribution in [0.1, 0.15) is 21.6 Å². The van der Waals surface area contributed by atoms with Crippen molar-refractivity contribution in [1.29, 1.82) is 0 Å². The van der Waals surface area contributed by atoms with Crippen LogP contribution in [0.25, 0.3) is 10.9 Å². The van der Waals surface area contributed by atoms with Gasteiger partial charge in [0, 0.05) is 25.0 Å². The van der Waals surface area contributed by atoms with Crippen LogP contribution in [0.15, 0.2) is 54.6 Å². The molecule has 0 N–H and O–H groups in total. The molecule has 0 aliphatic carbocycles. The first-order valence-electron chi connectivity index (χ1n) is 7.74. The number of benzene rings is 2. The van der Waals surface area contributed by atoms with E-state index in [1.807, 2.05) is 0 Å². The lowest BCUT2D eigenvalue weighted by molar-refractivity contribution is -0.137. The fraction of sp³-hybridized carbons (Fsp3) is 0.158. The van der Waals surface area contributed by atoms with E-state index in [2.05, 4.69) is 0 Å².